The SMILES string of the molecule is O=c1[nH]c2occ(-c3ccc(F)cc3)c2n2cccc12. The van der Waals surface area contributed by atoms with E-state index in [1.54, 1.807) is 41.1 Å². The second-order valence-corrected chi connectivity index (χ2v) is 4.55. The Morgan fingerprint density at radius 2 is 1.95 bits per heavy atom. The maximum atomic E-state index is 13.0. The third-order valence-electron chi connectivity index (χ3n) is 3.37. The van der Waals surface area contributed by atoms with Crippen molar-refractivity contribution >= 4 is 16.7 Å². The van der Waals surface area contributed by atoms with E-state index in [1.165, 1.54) is 12.1 Å². The first-order valence-electron chi connectivity index (χ1n) is 6.10. The molecule has 0 unspecified atom stereocenters. The molecule has 0 aliphatic heterocycles. The molecule has 5 heteroatoms. The lowest BCUT2D eigenvalue weighted by molar-refractivity contribution is 0.602. The predicted octanol–water partition coefficient (Wildman–Crippen LogP) is 3.18. The molecular formula is C15H9FN2O2. The van der Waals surface area contributed by atoms with Crippen LogP contribution in [0.4, 0.5) is 4.39 Å². The van der Waals surface area contributed by atoms with Crippen LogP contribution in [0, 0.1) is 5.82 Å². The maximum Gasteiger partial charge on any atom is 0.275 e. The minimum Gasteiger partial charge on any atom is -0.446 e. The van der Waals surface area contributed by atoms with Crippen molar-refractivity contribution < 1.29 is 8.81 Å². The molecule has 0 saturated heterocycles. The van der Waals surface area contributed by atoms with E-state index < -0.39 is 0 Å². The van der Waals surface area contributed by atoms with Crippen molar-refractivity contribution in [3.63, 3.8) is 0 Å². The number of furan rings is 1. The minimum absolute atomic E-state index is 0.206. The van der Waals surface area contributed by atoms with Crippen molar-refractivity contribution in [3.05, 3.63) is 65.0 Å². The van der Waals surface area contributed by atoms with E-state index in [-0.39, 0.29) is 11.4 Å². The zero-order valence-electron chi connectivity index (χ0n) is 10.3. The lowest BCUT2D eigenvalue weighted by Crippen LogP contribution is -2.08. The fourth-order valence-electron chi connectivity index (χ4n) is 2.44. The molecule has 3 heterocycles. The fraction of sp³-hybridized carbons (Fsp3) is 0. The summed E-state index contributed by atoms with van der Waals surface area (Å²) in [6.45, 7) is 0. The summed E-state index contributed by atoms with van der Waals surface area (Å²) in [5.74, 6) is -0.291. The topological polar surface area (TPSA) is 50.4 Å². The number of hydrogen-bond acceptors (Lipinski definition) is 2. The molecule has 20 heavy (non-hydrogen) atoms. The summed E-state index contributed by atoms with van der Waals surface area (Å²) in [5.41, 5.74) is 3.13. The highest BCUT2D eigenvalue weighted by Crippen LogP contribution is 2.29. The third kappa shape index (κ3) is 1.43. The van der Waals surface area contributed by atoms with Gasteiger partial charge in [0, 0.05) is 11.8 Å². The fourth-order valence-corrected chi connectivity index (χ4v) is 2.44. The first-order valence-corrected chi connectivity index (χ1v) is 6.10. The standard InChI is InChI=1S/C15H9FN2O2/c16-10-5-3-9(4-6-10)11-8-20-15-13(11)18-7-1-2-12(18)14(19)17-15/h1-8H,(H,17,19). The number of H-pyrrole nitrogens is 1. The van der Waals surface area contributed by atoms with Crippen molar-refractivity contribution in [3.8, 4) is 11.1 Å². The van der Waals surface area contributed by atoms with E-state index in [1.807, 2.05) is 0 Å². The summed E-state index contributed by atoms with van der Waals surface area (Å²) < 4.78 is 20.2. The van der Waals surface area contributed by atoms with Crippen LogP contribution >= 0.6 is 0 Å². The summed E-state index contributed by atoms with van der Waals surface area (Å²) >= 11 is 0. The largest absolute Gasteiger partial charge is 0.446 e. The lowest BCUT2D eigenvalue weighted by atomic mass is 10.1. The number of halogens is 1. The van der Waals surface area contributed by atoms with Gasteiger partial charge in [-0.25, -0.2) is 4.39 Å². The van der Waals surface area contributed by atoms with E-state index in [0.29, 0.717) is 11.2 Å². The number of nitrogens with one attached hydrogen (secondary N) is 1. The highest BCUT2D eigenvalue weighted by atomic mass is 19.1. The molecule has 0 atom stereocenters. The number of nitrogens with zero attached hydrogens (tertiary/aromatic N) is 1. The molecule has 0 bridgehead atoms. The Hall–Kier alpha value is -2.82. The van der Waals surface area contributed by atoms with Crippen molar-refractivity contribution in [2.75, 3.05) is 0 Å². The minimum atomic E-state index is -0.291. The summed E-state index contributed by atoms with van der Waals surface area (Å²) in [5, 5.41) is 0. The first-order chi connectivity index (χ1) is 9.74. The summed E-state index contributed by atoms with van der Waals surface area (Å²) in [6, 6.07) is 9.69. The van der Waals surface area contributed by atoms with Gasteiger partial charge in [0.15, 0.2) is 0 Å². The molecule has 0 spiro atoms. The van der Waals surface area contributed by atoms with Gasteiger partial charge < -0.3 is 8.82 Å². The van der Waals surface area contributed by atoms with Gasteiger partial charge in [-0.3, -0.25) is 9.78 Å². The number of benzene rings is 1. The highest BCUT2D eigenvalue weighted by molar-refractivity contribution is 5.90. The zero-order valence-corrected chi connectivity index (χ0v) is 10.3. The third-order valence-corrected chi connectivity index (χ3v) is 3.37. The van der Waals surface area contributed by atoms with Gasteiger partial charge in [0.1, 0.15) is 23.1 Å². The van der Waals surface area contributed by atoms with E-state index in [2.05, 4.69) is 4.98 Å². The highest BCUT2D eigenvalue weighted by Gasteiger charge is 2.13. The number of fused-ring (bicyclic) bond motifs is 3. The van der Waals surface area contributed by atoms with Crippen LogP contribution < -0.4 is 5.56 Å². The van der Waals surface area contributed by atoms with Crippen molar-refractivity contribution in [2.45, 2.75) is 0 Å². The van der Waals surface area contributed by atoms with Crippen LogP contribution in [-0.4, -0.2) is 9.38 Å². The van der Waals surface area contributed by atoms with Crippen LogP contribution in [0.3, 0.4) is 0 Å². The van der Waals surface area contributed by atoms with Crippen LogP contribution in [0.2, 0.25) is 0 Å². The Labute approximate surface area is 112 Å². The molecule has 4 nitrogen and oxygen atoms in total. The molecule has 0 radical (unpaired) electrons. The van der Waals surface area contributed by atoms with Gasteiger partial charge in [-0.2, -0.15) is 0 Å². The monoisotopic (exact) mass is 268 g/mol. The zero-order chi connectivity index (χ0) is 13.7. The van der Waals surface area contributed by atoms with Crippen LogP contribution in [0.5, 0.6) is 0 Å². The molecule has 0 fully saturated rings. The molecule has 4 aromatic rings. The van der Waals surface area contributed by atoms with Crippen LogP contribution in [-0.2, 0) is 0 Å². The van der Waals surface area contributed by atoms with Gasteiger partial charge in [0.2, 0.25) is 5.71 Å². The molecule has 1 N–H and O–H groups in total. The summed E-state index contributed by atoms with van der Waals surface area (Å²) in [6.07, 6.45) is 3.36. The Morgan fingerprint density at radius 3 is 2.75 bits per heavy atom. The van der Waals surface area contributed by atoms with Gasteiger partial charge in [0.25, 0.3) is 5.56 Å². The van der Waals surface area contributed by atoms with Gasteiger partial charge in [-0.15, -0.1) is 0 Å². The maximum absolute atomic E-state index is 13.0. The van der Waals surface area contributed by atoms with E-state index in [4.69, 9.17) is 4.42 Å². The average molecular weight is 268 g/mol. The molecule has 98 valence electrons. The quantitative estimate of drug-likeness (QED) is 0.576. The van der Waals surface area contributed by atoms with E-state index in [9.17, 15) is 9.18 Å². The summed E-state index contributed by atoms with van der Waals surface area (Å²) in [7, 11) is 0. The first kappa shape index (κ1) is 11.0. The lowest BCUT2D eigenvalue weighted by Gasteiger charge is -2.01. The molecule has 0 aliphatic carbocycles. The van der Waals surface area contributed by atoms with Crippen LogP contribution in [0.25, 0.3) is 27.9 Å². The van der Waals surface area contributed by atoms with E-state index >= 15 is 0 Å². The normalized spacial score (nSPS) is 11.4. The number of rotatable bonds is 1. The Bertz CT molecular complexity index is 977. The molecule has 0 amide bonds. The number of aromatic nitrogens is 2. The molecule has 4 rings (SSSR count). The Morgan fingerprint density at radius 1 is 1.15 bits per heavy atom. The smallest absolute Gasteiger partial charge is 0.275 e. The second-order valence-electron chi connectivity index (χ2n) is 4.55. The molecule has 1 aromatic carbocycles. The van der Waals surface area contributed by atoms with Crippen molar-refractivity contribution in [2.24, 2.45) is 0 Å². The van der Waals surface area contributed by atoms with Gasteiger partial charge in [0.05, 0.1) is 0 Å². The van der Waals surface area contributed by atoms with Crippen molar-refractivity contribution in [1.29, 1.82) is 0 Å². The van der Waals surface area contributed by atoms with Gasteiger partial charge in [-0.05, 0) is 29.8 Å². The summed E-state index contributed by atoms with van der Waals surface area (Å²) in [4.78, 5) is 14.6. The van der Waals surface area contributed by atoms with Crippen LogP contribution in [0.15, 0.2) is 58.1 Å². The predicted molar refractivity (Wildman–Crippen MR) is 73.2 cm³/mol. The Balaban J connectivity index is 2.13. The molecule has 0 aliphatic rings. The van der Waals surface area contributed by atoms with Gasteiger partial charge in [-0.1, -0.05) is 12.1 Å². The van der Waals surface area contributed by atoms with Crippen molar-refractivity contribution in [1.82, 2.24) is 9.38 Å². The number of hydrogen-bond donors (Lipinski definition) is 1. The molecule has 3 aromatic heterocycles. The average Bonchev–Trinajstić information content (AvgIpc) is 3.05. The Kier molecular flexibility index (Phi) is 2.12. The van der Waals surface area contributed by atoms with Gasteiger partial charge >= 0.3 is 0 Å². The van der Waals surface area contributed by atoms with Crippen LogP contribution in [0.1, 0.15) is 0 Å². The van der Waals surface area contributed by atoms with E-state index in [0.717, 1.165) is 16.6 Å². The second kappa shape index (κ2) is 3.84. The molecule has 0 saturated carbocycles. The molecular weight excluding hydrogens is 259 g/mol. The number of aromatic amines is 1.